The molecule has 5 nitrogen and oxygen atoms in total. The molecule has 0 radical (unpaired) electrons. The van der Waals surface area contributed by atoms with Gasteiger partial charge in [0.2, 0.25) is 12.2 Å². The van der Waals surface area contributed by atoms with Crippen LogP contribution in [0, 0.1) is 0 Å². The molecule has 18 heavy (non-hydrogen) atoms. The van der Waals surface area contributed by atoms with Crippen molar-refractivity contribution in [3.8, 4) is 0 Å². The van der Waals surface area contributed by atoms with Crippen LogP contribution < -0.4 is 4.90 Å². The van der Waals surface area contributed by atoms with Gasteiger partial charge in [0.05, 0.1) is 0 Å². The fraction of sp³-hybridized carbons (Fsp3) is 0.500. The number of carbonyl (C=O) groups is 1. The SMILES string of the molecule is O=CN1CCN(c2ccnc(C(F)(F)F)n2)CC1. The van der Waals surface area contributed by atoms with E-state index in [4.69, 9.17) is 0 Å². The Labute approximate surface area is 101 Å². The van der Waals surface area contributed by atoms with Crippen LogP contribution in [0.3, 0.4) is 0 Å². The van der Waals surface area contributed by atoms with E-state index >= 15 is 0 Å². The number of rotatable bonds is 2. The van der Waals surface area contributed by atoms with Crippen LogP contribution >= 0.6 is 0 Å². The predicted molar refractivity (Wildman–Crippen MR) is 56.9 cm³/mol. The first-order valence-corrected chi connectivity index (χ1v) is 5.35. The third-order valence-corrected chi connectivity index (χ3v) is 2.68. The van der Waals surface area contributed by atoms with E-state index in [1.807, 2.05) is 0 Å². The molecule has 0 saturated carbocycles. The summed E-state index contributed by atoms with van der Waals surface area (Å²) in [7, 11) is 0. The molecule has 1 aliphatic heterocycles. The zero-order valence-corrected chi connectivity index (χ0v) is 9.39. The van der Waals surface area contributed by atoms with Crippen molar-refractivity contribution in [2.24, 2.45) is 0 Å². The Hall–Kier alpha value is -1.86. The van der Waals surface area contributed by atoms with E-state index in [1.165, 1.54) is 6.07 Å². The molecule has 0 aromatic carbocycles. The van der Waals surface area contributed by atoms with E-state index in [1.54, 1.807) is 9.80 Å². The minimum atomic E-state index is -4.54. The van der Waals surface area contributed by atoms with Crippen LogP contribution in [0.15, 0.2) is 12.3 Å². The molecule has 0 unspecified atom stereocenters. The molecule has 1 amide bonds. The van der Waals surface area contributed by atoms with Crippen molar-refractivity contribution < 1.29 is 18.0 Å². The number of anilines is 1. The number of halogens is 3. The highest BCUT2D eigenvalue weighted by molar-refractivity contribution is 5.49. The van der Waals surface area contributed by atoms with E-state index in [2.05, 4.69) is 9.97 Å². The highest BCUT2D eigenvalue weighted by atomic mass is 19.4. The third kappa shape index (κ3) is 2.69. The Bertz CT molecular complexity index is 429. The topological polar surface area (TPSA) is 49.3 Å². The molecule has 2 rings (SSSR count). The number of amides is 1. The molecule has 1 fully saturated rings. The first-order valence-electron chi connectivity index (χ1n) is 5.35. The number of piperazine rings is 1. The maximum atomic E-state index is 12.5. The highest BCUT2D eigenvalue weighted by Crippen LogP contribution is 2.27. The number of nitrogens with zero attached hydrogens (tertiary/aromatic N) is 4. The molecule has 1 saturated heterocycles. The van der Waals surface area contributed by atoms with Gasteiger partial charge in [-0.05, 0) is 6.07 Å². The van der Waals surface area contributed by atoms with Crippen molar-refractivity contribution in [2.45, 2.75) is 6.18 Å². The summed E-state index contributed by atoms with van der Waals surface area (Å²) in [5, 5.41) is 0. The fourth-order valence-electron chi connectivity index (χ4n) is 1.72. The number of hydrogen-bond donors (Lipinski definition) is 0. The largest absolute Gasteiger partial charge is 0.451 e. The van der Waals surface area contributed by atoms with Crippen LogP contribution in [0.1, 0.15) is 5.82 Å². The van der Waals surface area contributed by atoms with Crippen molar-refractivity contribution in [1.82, 2.24) is 14.9 Å². The first kappa shape index (κ1) is 12.6. The van der Waals surface area contributed by atoms with Gasteiger partial charge in [0.25, 0.3) is 0 Å². The second-order valence-corrected chi connectivity index (χ2v) is 3.86. The molecule has 0 N–H and O–H groups in total. The Morgan fingerprint density at radius 2 is 1.89 bits per heavy atom. The smallest absolute Gasteiger partial charge is 0.353 e. The van der Waals surface area contributed by atoms with Crippen LogP contribution in [0.5, 0.6) is 0 Å². The lowest BCUT2D eigenvalue weighted by molar-refractivity contribution is -0.144. The van der Waals surface area contributed by atoms with Crippen LogP contribution in [0.2, 0.25) is 0 Å². The summed E-state index contributed by atoms with van der Waals surface area (Å²) in [5.74, 6) is -0.902. The van der Waals surface area contributed by atoms with Crippen molar-refractivity contribution in [3.63, 3.8) is 0 Å². The Morgan fingerprint density at radius 3 is 2.44 bits per heavy atom. The van der Waals surface area contributed by atoms with Crippen molar-refractivity contribution in [3.05, 3.63) is 18.1 Å². The van der Waals surface area contributed by atoms with E-state index in [9.17, 15) is 18.0 Å². The van der Waals surface area contributed by atoms with Gasteiger partial charge in [-0.15, -0.1) is 0 Å². The van der Waals surface area contributed by atoms with E-state index < -0.39 is 12.0 Å². The average Bonchev–Trinajstić information content (AvgIpc) is 2.38. The van der Waals surface area contributed by atoms with Gasteiger partial charge in [-0.2, -0.15) is 13.2 Å². The number of carbonyl (C=O) groups excluding carboxylic acids is 1. The Morgan fingerprint density at radius 1 is 1.22 bits per heavy atom. The van der Waals surface area contributed by atoms with Crippen molar-refractivity contribution >= 4 is 12.2 Å². The molecular weight excluding hydrogens is 249 g/mol. The van der Waals surface area contributed by atoms with Crippen LogP contribution in [-0.4, -0.2) is 47.5 Å². The lowest BCUT2D eigenvalue weighted by Crippen LogP contribution is -2.46. The molecule has 1 aliphatic rings. The molecule has 1 aromatic heterocycles. The number of aromatic nitrogens is 2. The summed E-state index contributed by atoms with van der Waals surface area (Å²) in [5.41, 5.74) is 0. The summed E-state index contributed by atoms with van der Waals surface area (Å²) in [4.78, 5) is 20.5. The van der Waals surface area contributed by atoms with E-state index in [0.717, 1.165) is 12.6 Å². The zero-order valence-electron chi connectivity index (χ0n) is 9.39. The number of hydrogen-bond acceptors (Lipinski definition) is 4. The predicted octanol–water partition coefficient (Wildman–Crippen LogP) is 0.774. The molecule has 98 valence electrons. The summed E-state index contributed by atoms with van der Waals surface area (Å²) >= 11 is 0. The maximum Gasteiger partial charge on any atom is 0.451 e. The highest BCUT2D eigenvalue weighted by Gasteiger charge is 2.35. The van der Waals surface area contributed by atoms with Crippen LogP contribution in [0.25, 0.3) is 0 Å². The second-order valence-electron chi connectivity index (χ2n) is 3.86. The average molecular weight is 260 g/mol. The molecular formula is C10H11F3N4O. The van der Waals surface area contributed by atoms with Gasteiger partial charge >= 0.3 is 6.18 Å². The summed E-state index contributed by atoms with van der Waals surface area (Å²) in [6.07, 6.45) is -2.71. The van der Waals surface area contributed by atoms with Gasteiger partial charge in [-0.25, -0.2) is 9.97 Å². The van der Waals surface area contributed by atoms with Crippen LogP contribution in [0.4, 0.5) is 19.0 Å². The summed E-state index contributed by atoms with van der Waals surface area (Å²) in [6, 6.07) is 1.44. The van der Waals surface area contributed by atoms with Gasteiger partial charge < -0.3 is 9.80 Å². The fourth-order valence-corrected chi connectivity index (χ4v) is 1.72. The molecule has 0 bridgehead atoms. The van der Waals surface area contributed by atoms with Crippen molar-refractivity contribution in [2.75, 3.05) is 31.1 Å². The molecule has 0 aliphatic carbocycles. The normalized spacial score (nSPS) is 16.8. The van der Waals surface area contributed by atoms with Crippen molar-refractivity contribution in [1.29, 1.82) is 0 Å². The molecule has 8 heteroatoms. The minimum Gasteiger partial charge on any atom is -0.353 e. The van der Waals surface area contributed by atoms with E-state index in [0.29, 0.717) is 26.2 Å². The second kappa shape index (κ2) is 4.79. The lowest BCUT2D eigenvalue weighted by atomic mass is 10.3. The monoisotopic (exact) mass is 260 g/mol. The van der Waals surface area contributed by atoms with Gasteiger partial charge in [0, 0.05) is 32.4 Å². The number of alkyl halides is 3. The summed E-state index contributed by atoms with van der Waals surface area (Å²) < 4.78 is 37.4. The standard InChI is InChI=1S/C10H11F3N4O/c11-10(12,13)9-14-2-1-8(15-9)17-5-3-16(7-18)4-6-17/h1-2,7H,3-6H2. The van der Waals surface area contributed by atoms with Gasteiger partial charge in [0.15, 0.2) is 0 Å². The summed E-state index contributed by atoms with van der Waals surface area (Å²) in [6.45, 7) is 1.89. The van der Waals surface area contributed by atoms with Gasteiger partial charge in [-0.1, -0.05) is 0 Å². The Balaban J connectivity index is 2.12. The molecule has 1 aromatic rings. The van der Waals surface area contributed by atoms with Gasteiger partial charge in [-0.3, -0.25) is 4.79 Å². The molecule has 2 heterocycles. The third-order valence-electron chi connectivity index (χ3n) is 2.68. The Kier molecular flexibility index (Phi) is 3.35. The quantitative estimate of drug-likeness (QED) is 0.737. The molecule has 0 atom stereocenters. The van der Waals surface area contributed by atoms with Gasteiger partial charge in [0.1, 0.15) is 5.82 Å². The first-order chi connectivity index (χ1) is 8.50. The molecule has 0 spiro atoms. The zero-order chi connectivity index (χ0) is 13.2. The minimum absolute atomic E-state index is 0.239. The van der Waals surface area contributed by atoms with E-state index in [-0.39, 0.29) is 5.82 Å². The lowest BCUT2D eigenvalue weighted by Gasteiger charge is -2.33. The van der Waals surface area contributed by atoms with Crippen LogP contribution in [-0.2, 0) is 11.0 Å². The maximum absolute atomic E-state index is 12.5.